The molecular weight excluding hydrogens is 358 g/mol. The highest BCUT2D eigenvalue weighted by Crippen LogP contribution is 2.40. The van der Waals surface area contributed by atoms with Gasteiger partial charge in [0.15, 0.2) is 5.78 Å². The average Bonchev–Trinajstić information content (AvgIpc) is 3.24. The molecule has 0 radical (unpaired) electrons. The molecule has 1 aromatic heterocycles. The van der Waals surface area contributed by atoms with Crippen molar-refractivity contribution in [3.63, 3.8) is 0 Å². The molecule has 1 unspecified atom stereocenters. The Labute approximate surface area is 170 Å². The van der Waals surface area contributed by atoms with Gasteiger partial charge in [0.1, 0.15) is 11.5 Å². The van der Waals surface area contributed by atoms with Gasteiger partial charge in [-0.2, -0.15) is 0 Å². The SMILES string of the molecule is CC1=CC(c2ccc(-c3ccccc3-c3ccccc3)o2)C2=C(CCCC2=O)N1. The number of hydrogen-bond donors (Lipinski definition) is 1. The topological polar surface area (TPSA) is 42.2 Å². The van der Waals surface area contributed by atoms with Crippen LogP contribution in [0, 0.1) is 0 Å². The second-order valence-corrected chi connectivity index (χ2v) is 7.73. The van der Waals surface area contributed by atoms with E-state index in [0.717, 1.165) is 58.0 Å². The predicted octanol–water partition coefficient (Wildman–Crippen LogP) is 6.21. The molecule has 3 aromatic rings. The molecule has 0 bridgehead atoms. The summed E-state index contributed by atoms with van der Waals surface area (Å²) in [7, 11) is 0. The minimum absolute atomic E-state index is 0.114. The van der Waals surface area contributed by atoms with Crippen molar-refractivity contribution in [1.29, 1.82) is 0 Å². The van der Waals surface area contributed by atoms with Gasteiger partial charge in [-0.05, 0) is 43.0 Å². The summed E-state index contributed by atoms with van der Waals surface area (Å²) >= 11 is 0. The van der Waals surface area contributed by atoms with Crippen LogP contribution in [0.2, 0.25) is 0 Å². The van der Waals surface area contributed by atoms with Crippen molar-refractivity contribution >= 4 is 5.78 Å². The molecule has 144 valence electrons. The molecule has 0 saturated heterocycles. The second-order valence-electron chi connectivity index (χ2n) is 7.73. The second kappa shape index (κ2) is 7.25. The highest BCUT2D eigenvalue weighted by atomic mass is 16.3. The molecule has 0 spiro atoms. The number of carbonyl (C=O) groups is 1. The van der Waals surface area contributed by atoms with Gasteiger partial charge in [-0.15, -0.1) is 0 Å². The van der Waals surface area contributed by atoms with Gasteiger partial charge in [0.2, 0.25) is 0 Å². The lowest BCUT2D eigenvalue weighted by Crippen LogP contribution is -2.28. The molecule has 3 nitrogen and oxygen atoms in total. The van der Waals surface area contributed by atoms with Gasteiger partial charge < -0.3 is 9.73 Å². The Morgan fingerprint density at radius 3 is 2.48 bits per heavy atom. The van der Waals surface area contributed by atoms with Crippen molar-refractivity contribution in [2.75, 3.05) is 0 Å². The minimum atomic E-state index is -0.114. The first kappa shape index (κ1) is 17.7. The van der Waals surface area contributed by atoms with Crippen LogP contribution in [0.3, 0.4) is 0 Å². The fraction of sp³-hybridized carbons (Fsp3) is 0.192. The van der Waals surface area contributed by atoms with Gasteiger partial charge in [0, 0.05) is 29.0 Å². The molecule has 2 heterocycles. The number of benzene rings is 2. The Kier molecular flexibility index (Phi) is 4.44. The summed E-state index contributed by atoms with van der Waals surface area (Å²) in [4.78, 5) is 12.7. The third kappa shape index (κ3) is 3.23. The molecule has 2 aromatic carbocycles. The van der Waals surface area contributed by atoms with E-state index < -0.39 is 0 Å². The van der Waals surface area contributed by atoms with Crippen molar-refractivity contribution in [3.05, 3.63) is 95.5 Å². The van der Waals surface area contributed by atoms with Crippen molar-refractivity contribution in [1.82, 2.24) is 5.32 Å². The molecule has 0 fully saturated rings. The molecule has 3 heteroatoms. The predicted molar refractivity (Wildman–Crippen MR) is 115 cm³/mol. The standard InChI is InChI=1S/C26H23NO2/c1-17-16-21(26-22(27-17)12-7-13-23(26)28)25-15-14-24(29-25)20-11-6-5-10-19(20)18-8-3-2-4-9-18/h2-6,8-11,14-16,21,27H,7,12-13H2,1H3. The van der Waals surface area contributed by atoms with Crippen LogP contribution < -0.4 is 5.32 Å². The number of ketones is 1. The first-order valence-electron chi connectivity index (χ1n) is 10.2. The molecule has 29 heavy (non-hydrogen) atoms. The highest BCUT2D eigenvalue weighted by molar-refractivity contribution is 5.99. The fourth-order valence-electron chi connectivity index (χ4n) is 4.42. The van der Waals surface area contributed by atoms with E-state index in [1.54, 1.807) is 0 Å². The Bertz CT molecular complexity index is 1130. The largest absolute Gasteiger partial charge is 0.460 e. The van der Waals surface area contributed by atoms with E-state index in [1.807, 2.05) is 49.4 Å². The number of carbonyl (C=O) groups excluding carboxylic acids is 1. The summed E-state index contributed by atoms with van der Waals surface area (Å²) in [6, 6.07) is 22.7. The Hall–Kier alpha value is -3.33. The van der Waals surface area contributed by atoms with Crippen molar-refractivity contribution in [3.8, 4) is 22.5 Å². The Morgan fingerprint density at radius 2 is 1.66 bits per heavy atom. The van der Waals surface area contributed by atoms with Crippen LogP contribution in [0.4, 0.5) is 0 Å². The molecule has 1 aliphatic carbocycles. The van der Waals surface area contributed by atoms with Crippen LogP contribution in [0.15, 0.2) is 94.2 Å². The van der Waals surface area contributed by atoms with E-state index >= 15 is 0 Å². The number of allylic oxidation sites excluding steroid dienone is 4. The normalized spacial score (nSPS) is 18.9. The van der Waals surface area contributed by atoms with Gasteiger partial charge >= 0.3 is 0 Å². The van der Waals surface area contributed by atoms with E-state index in [9.17, 15) is 4.79 Å². The molecule has 1 atom stereocenters. The third-order valence-electron chi connectivity index (χ3n) is 5.74. The average molecular weight is 381 g/mol. The van der Waals surface area contributed by atoms with Crippen LogP contribution in [-0.2, 0) is 4.79 Å². The maximum Gasteiger partial charge on any atom is 0.161 e. The van der Waals surface area contributed by atoms with Gasteiger partial charge in [0.25, 0.3) is 0 Å². The van der Waals surface area contributed by atoms with E-state index in [-0.39, 0.29) is 11.7 Å². The quantitative estimate of drug-likeness (QED) is 0.586. The van der Waals surface area contributed by atoms with Gasteiger partial charge in [-0.1, -0.05) is 60.7 Å². The number of Topliss-reactive ketones (excluding diaryl/α,β-unsaturated/α-hetero) is 1. The lowest BCUT2D eigenvalue weighted by molar-refractivity contribution is -0.116. The van der Waals surface area contributed by atoms with E-state index in [0.29, 0.717) is 6.42 Å². The first-order valence-corrected chi connectivity index (χ1v) is 10.2. The monoisotopic (exact) mass is 381 g/mol. The van der Waals surface area contributed by atoms with Crippen LogP contribution in [0.5, 0.6) is 0 Å². The number of dihydropyridines is 1. The number of rotatable bonds is 3. The minimum Gasteiger partial charge on any atom is -0.460 e. The maximum atomic E-state index is 12.7. The van der Waals surface area contributed by atoms with Crippen LogP contribution in [0.1, 0.15) is 37.9 Å². The molecule has 2 aliphatic rings. The van der Waals surface area contributed by atoms with Crippen molar-refractivity contribution in [2.24, 2.45) is 0 Å². The zero-order valence-electron chi connectivity index (χ0n) is 16.4. The molecule has 1 N–H and O–H groups in total. The van der Waals surface area contributed by atoms with Crippen molar-refractivity contribution in [2.45, 2.75) is 32.1 Å². The summed E-state index contributed by atoms with van der Waals surface area (Å²) in [5.41, 5.74) is 6.37. The summed E-state index contributed by atoms with van der Waals surface area (Å²) in [5, 5.41) is 3.40. The number of furan rings is 1. The fourth-order valence-corrected chi connectivity index (χ4v) is 4.42. The van der Waals surface area contributed by atoms with Crippen LogP contribution in [0.25, 0.3) is 22.5 Å². The third-order valence-corrected chi connectivity index (χ3v) is 5.74. The van der Waals surface area contributed by atoms with Gasteiger partial charge in [-0.25, -0.2) is 0 Å². The Morgan fingerprint density at radius 1 is 0.897 bits per heavy atom. The smallest absolute Gasteiger partial charge is 0.161 e. The Balaban J connectivity index is 1.57. The lowest BCUT2D eigenvalue weighted by atomic mass is 9.82. The van der Waals surface area contributed by atoms with Gasteiger partial charge in [-0.3, -0.25) is 4.79 Å². The molecule has 0 saturated carbocycles. The zero-order valence-corrected chi connectivity index (χ0v) is 16.4. The van der Waals surface area contributed by atoms with Crippen molar-refractivity contribution < 1.29 is 9.21 Å². The molecular formula is C26H23NO2. The van der Waals surface area contributed by atoms with Crippen LogP contribution in [-0.4, -0.2) is 5.78 Å². The summed E-state index contributed by atoms with van der Waals surface area (Å²) in [5.74, 6) is 1.77. The lowest BCUT2D eigenvalue weighted by Gasteiger charge is -2.29. The van der Waals surface area contributed by atoms with Gasteiger partial charge in [0.05, 0.1) is 5.92 Å². The first-order chi connectivity index (χ1) is 14.2. The van der Waals surface area contributed by atoms with E-state index in [1.165, 1.54) is 0 Å². The molecule has 1 aliphatic heterocycles. The number of nitrogens with one attached hydrogen (secondary N) is 1. The summed E-state index contributed by atoms with van der Waals surface area (Å²) in [6.07, 6.45) is 4.56. The van der Waals surface area contributed by atoms with Crippen LogP contribution >= 0.6 is 0 Å². The molecule has 5 rings (SSSR count). The van der Waals surface area contributed by atoms with E-state index in [2.05, 4.69) is 35.7 Å². The maximum absolute atomic E-state index is 12.7. The van der Waals surface area contributed by atoms with E-state index in [4.69, 9.17) is 4.42 Å². The molecule has 0 amide bonds. The zero-order chi connectivity index (χ0) is 19.8. The summed E-state index contributed by atoms with van der Waals surface area (Å²) < 4.78 is 6.36. The highest BCUT2D eigenvalue weighted by Gasteiger charge is 2.32. The summed E-state index contributed by atoms with van der Waals surface area (Å²) in [6.45, 7) is 2.05. The number of hydrogen-bond acceptors (Lipinski definition) is 3.